The molecule has 0 saturated carbocycles. The number of amides is 1. The molecule has 1 aromatic heterocycles. The van der Waals surface area contributed by atoms with Crippen molar-refractivity contribution in [2.45, 2.75) is 38.0 Å². The molecule has 1 atom stereocenters. The number of aryl methyl sites for hydroxylation is 1. The van der Waals surface area contributed by atoms with Crippen molar-refractivity contribution in [3.05, 3.63) is 78.4 Å². The number of hydrogen-bond donors (Lipinski definition) is 1. The number of nitrogens with one attached hydrogen (secondary N) is 1. The third-order valence-corrected chi connectivity index (χ3v) is 5.63. The van der Waals surface area contributed by atoms with Crippen molar-refractivity contribution in [2.24, 2.45) is 0 Å². The molecule has 0 fully saturated rings. The van der Waals surface area contributed by atoms with Crippen LogP contribution in [0.5, 0.6) is 0 Å². The Hall–Kier alpha value is -2.86. The molecule has 29 heavy (non-hydrogen) atoms. The molecule has 6 heteroatoms. The lowest BCUT2D eigenvalue weighted by atomic mass is 10.1. The van der Waals surface area contributed by atoms with Crippen molar-refractivity contribution < 1.29 is 4.79 Å². The normalized spacial score (nSPS) is 11.8. The van der Waals surface area contributed by atoms with E-state index in [1.165, 1.54) is 17.3 Å². The van der Waals surface area contributed by atoms with Crippen molar-refractivity contribution in [3.8, 4) is 11.4 Å². The third kappa shape index (κ3) is 5.35. The number of thioether (sulfide) groups is 1. The van der Waals surface area contributed by atoms with Crippen molar-refractivity contribution in [2.75, 3.05) is 5.75 Å². The third-order valence-electron chi connectivity index (χ3n) is 4.66. The van der Waals surface area contributed by atoms with Gasteiger partial charge in [-0.15, -0.1) is 16.8 Å². The van der Waals surface area contributed by atoms with Gasteiger partial charge in [0.05, 0.1) is 11.8 Å². The highest BCUT2D eigenvalue weighted by Crippen LogP contribution is 2.24. The van der Waals surface area contributed by atoms with Gasteiger partial charge < -0.3 is 5.32 Å². The topological polar surface area (TPSA) is 59.8 Å². The molecular formula is C23H26N4OS. The minimum atomic E-state index is -0.0417. The van der Waals surface area contributed by atoms with E-state index in [-0.39, 0.29) is 17.7 Å². The first kappa shape index (κ1) is 20.9. The van der Waals surface area contributed by atoms with Crippen LogP contribution < -0.4 is 5.32 Å². The van der Waals surface area contributed by atoms with Crippen LogP contribution in [-0.4, -0.2) is 26.4 Å². The van der Waals surface area contributed by atoms with Gasteiger partial charge in [-0.3, -0.25) is 9.36 Å². The van der Waals surface area contributed by atoms with E-state index in [1.54, 1.807) is 0 Å². The molecule has 1 unspecified atom stereocenters. The smallest absolute Gasteiger partial charge is 0.230 e. The Morgan fingerprint density at radius 2 is 1.90 bits per heavy atom. The number of nitrogens with zero attached hydrogens (tertiary/aromatic N) is 3. The first-order chi connectivity index (χ1) is 14.1. The number of benzene rings is 2. The van der Waals surface area contributed by atoms with Crippen LogP contribution >= 0.6 is 11.8 Å². The van der Waals surface area contributed by atoms with Gasteiger partial charge in [0.25, 0.3) is 0 Å². The van der Waals surface area contributed by atoms with E-state index in [4.69, 9.17) is 0 Å². The van der Waals surface area contributed by atoms with Gasteiger partial charge >= 0.3 is 0 Å². The fourth-order valence-electron chi connectivity index (χ4n) is 3.03. The molecule has 150 valence electrons. The van der Waals surface area contributed by atoms with Crippen molar-refractivity contribution in [1.29, 1.82) is 0 Å². The second kappa shape index (κ2) is 10.1. The summed E-state index contributed by atoms with van der Waals surface area (Å²) >= 11 is 1.38. The van der Waals surface area contributed by atoms with Crippen LogP contribution in [0.2, 0.25) is 0 Å². The molecule has 0 spiro atoms. The highest BCUT2D eigenvalue weighted by atomic mass is 32.2. The van der Waals surface area contributed by atoms with Gasteiger partial charge in [-0.05, 0) is 24.5 Å². The minimum absolute atomic E-state index is 0.0310. The number of carbonyl (C=O) groups is 1. The Labute approximate surface area is 176 Å². The average Bonchev–Trinajstić information content (AvgIpc) is 3.16. The lowest BCUT2D eigenvalue weighted by molar-refractivity contribution is -0.119. The first-order valence-corrected chi connectivity index (χ1v) is 10.7. The van der Waals surface area contributed by atoms with E-state index in [2.05, 4.69) is 53.3 Å². The number of allylic oxidation sites excluding steroid dienone is 1. The summed E-state index contributed by atoms with van der Waals surface area (Å²) in [5.74, 6) is 1.02. The van der Waals surface area contributed by atoms with E-state index in [0.717, 1.165) is 23.4 Å². The van der Waals surface area contributed by atoms with Gasteiger partial charge in [0.2, 0.25) is 5.91 Å². The fourth-order valence-corrected chi connectivity index (χ4v) is 3.79. The van der Waals surface area contributed by atoms with E-state index in [9.17, 15) is 4.79 Å². The largest absolute Gasteiger partial charge is 0.349 e. The van der Waals surface area contributed by atoms with Crippen molar-refractivity contribution in [1.82, 2.24) is 20.1 Å². The molecule has 3 rings (SSSR count). The Balaban J connectivity index is 1.63. The Morgan fingerprint density at radius 1 is 1.17 bits per heavy atom. The lowest BCUT2D eigenvalue weighted by Crippen LogP contribution is -2.28. The SMILES string of the molecule is C=CCn1c(SCC(=O)NC(C)c2ccc(CC)cc2)nnc1-c1ccccc1. The maximum absolute atomic E-state index is 12.5. The molecule has 5 nitrogen and oxygen atoms in total. The molecule has 0 aliphatic heterocycles. The Kier molecular flexibility index (Phi) is 7.25. The molecule has 3 aromatic rings. The molecule has 0 bridgehead atoms. The van der Waals surface area contributed by atoms with Gasteiger partial charge in [-0.2, -0.15) is 0 Å². The second-order valence-corrected chi connectivity index (χ2v) is 7.69. The van der Waals surface area contributed by atoms with Crippen LogP contribution in [-0.2, 0) is 17.8 Å². The number of hydrogen-bond acceptors (Lipinski definition) is 4. The summed E-state index contributed by atoms with van der Waals surface area (Å²) in [6, 6.07) is 18.2. The number of aromatic nitrogens is 3. The molecule has 0 radical (unpaired) electrons. The van der Waals surface area contributed by atoms with Crippen LogP contribution in [0, 0.1) is 0 Å². The predicted molar refractivity (Wildman–Crippen MR) is 119 cm³/mol. The van der Waals surface area contributed by atoms with Crippen LogP contribution in [0.15, 0.2) is 72.4 Å². The van der Waals surface area contributed by atoms with Gasteiger partial charge in [0.1, 0.15) is 0 Å². The summed E-state index contributed by atoms with van der Waals surface area (Å²) < 4.78 is 1.98. The average molecular weight is 407 g/mol. The summed E-state index contributed by atoms with van der Waals surface area (Å²) in [5.41, 5.74) is 3.38. The molecule has 0 aliphatic carbocycles. The number of carbonyl (C=O) groups excluding carboxylic acids is 1. The molecule has 1 heterocycles. The fraction of sp³-hybridized carbons (Fsp3) is 0.261. The molecule has 0 aliphatic rings. The van der Waals surface area contributed by atoms with Crippen molar-refractivity contribution >= 4 is 17.7 Å². The predicted octanol–water partition coefficient (Wildman–Crippen LogP) is 4.66. The van der Waals surface area contributed by atoms with E-state index in [1.807, 2.05) is 47.9 Å². The molecule has 2 aromatic carbocycles. The van der Waals surface area contributed by atoms with E-state index < -0.39 is 0 Å². The summed E-state index contributed by atoms with van der Waals surface area (Å²) in [5, 5.41) is 12.4. The van der Waals surface area contributed by atoms with Crippen LogP contribution in [0.1, 0.15) is 31.0 Å². The van der Waals surface area contributed by atoms with Gasteiger partial charge in [-0.25, -0.2) is 0 Å². The highest BCUT2D eigenvalue weighted by molar-refractivity contribution is 7.99. The Bertz CT molecular complexity index is 951. The quantitative estimate of drug-likeness (QED) is 0.415. The zero-order valence-electron chi connectivity index (χ0n) is 16.8. The zero-order valence-corrected chi connectivity index (χ0v) is 17.7. The van der Waals surface area contributed by atoms with E-state index in [0.29, 0.717) is 11.7 Å². The lowest BCUT2D eigenvalue weighted by Gasteiger charge is -2.15. The molecule has 0 saturated heterocycles. The number of rotatable bonds is 9. The maximum Gasteiger partial charge on any atom is 0.230 e. The first-order valence-electron chi connectivity index (χ1n) is 9.73. The second-order valence-electron chi connectivity index (χ2n) is 6.74. The van der Waals surface area contributed by atoms with Crippen LogP contribution in [0.25, 0.3) is 11.4 Å². The van der Waals surface area contributed by atoms with Gasteiger partial charge in [-0.1, -0.05) is 79.4 Å². The van der Waals surface area contributed by atoms with E-state index >= 15 is 0 Å². The molecule has 1 amide bonds. The highest BCUT2D eigenvalue weighted by Gasteiger charge is 2.16. The summed E-state index contributed by atoms with van der Waals surface area (Å²) in [4.78, 5) is 12.5. The zero-order chi connectivity index (χ0) is 20.6. The Morgan fingerprint density at radius 3 is 2.55 bits per heavy atom. The standard InChI is InChI=1S/C23H26N4OS/c1-4-15-27-22(20-9-7-6-8-10-20)25-26-23(27)29-16-21(28)24-17(3)19-13-11-18(5-2)12-14-19/h4,6-14,17H,1,5,15-16H2,2-3H3,(H,24,28). The monoisotopic (exact) mass is 406 g/mol. The summed E-state index contributed by atoms with van der Waals surface area (Å²) in [6.45, 7) is 8.54. The summed E-state index contributed by atoms with van der Waals surface area (Å²) in [7, 11) is 0. The van der Waals surface area contributed by atoms with Crippen LogP contribution in [0.3, 0.4) is 0 Å². The minimum Gasteiger partial charge on any atom is -0.349 e. The molecular weight excluding hydrogens is 380 g/mol. The summed E-state index contributed by atoms with van der Waals surface area (Å²) in [6.07, 6.45) is 2.82. The molecule has 1 N–H and O–H groups in total. The van der Waals surface area contributed by atoms with Crippen molar-refractivity contribution in [3.63, 3.8) is 0 Å². The van der Waals surface area contributed by atoms with Gasteiger partial charge in [0, 0.05) is 12.1 Å². The van der Waals surface area contributed by atoms with Gasteiger partial charge in [0.15, 0.2) is 11.0 Å². The van der Waals surface area contributed by atoms with Crippen LogP contribution in [0.4, 0.5) is 0 Å². The maximum atomic E-state index is 12.5.